The van der Waals surface area contributed by atoms with Crippen molar-refractivity contribution < 1.29 is 0 Å². The number of anilines is 2. The molecule has 7 fully saturated rings. The summed E-state index contributed by atoms with van der Waals surface area (Å²) >= 11 is 0. The molecule has 18 heterocycles. The van der Waals surface area contributed by atoms with Crippen LogP contribution in [0.1, 0.15) is 88.7 Å². The summed E-state index contributed by atoms with van der Waals surface area (Å²) < 4.78 is 10.2. The van der Waals surface area contributed by atoms with Gasteiger partial charge in [-0.05, 0) is 236 Å². The molecule has 10 aliphatic heterocycles. The van der Waals surface area contributed by atoms with Crippen molar-refractivity contribution in [2.45, 2.75) is 143 Å². The van der Waals surface area contributed by atoms with Crippen molar-refractivity contribution >= 4 is 107 Å². The molecule has 3 aliphatic carbocycles. The second-order valence-electron chi connectivity index (χ2n) is 35.8. The Hall–Kier alpha value is -11.5. The molecule has 0 bridgehead atoms. The number of pyridine rings is 4. The van der Waals surface area contributed by atoms with Crippen LogP contribution in [0.5, 0.6) is 0 Å². The molecule has 2 N–H and O–H groups in total. The van der Waals surface area contributed by atoms with E-state index in [2.05, 4.69) is 273 Å². The zero-order valence-electron chi connectivity index (χ0n) is 63.6. The van der Waals surface area contributed by atoms with Crippen molar-refractivity contribution in [1.82, 2.24) is 58.6 Å². The summed E-state index contributed by atoms with van der Waals surface area (Å²) in [6.45, 7) is 2.77. The highest BCUT2D eigenvalue weighted by Crippen LogP contribution is 2.70. The second-order valence-corrected chi connectivity index (χ2v) is 35.8. The minimum Gasteiger partial charge on any atom is -0.352 e. The first kappa shape index (κ1) is 63.0. The number of rotatable bonds is 7. The Kier molecular flexibility index (Phi) is 12.8. The number of nitrogens with one attached hydrogen (secondary N) is 2. The SMILES string of the molecule is c1ccc(N2C3=C(C4CCCCC42)C2NCCC4B5C6CCCC7C8=C(N(c9cccc(-c%10ccc%11c(c%10)c%10c%12cccc%13c%12n(c%10n%11-c%10ccccc%10)-c%10cc(-c%11ccccn%11)cc%11c%10B%13c%10ccnc%12c%13c%14cccnc%14n(-c%14ccccc%14)c%13n-%11c%10%12)c9)C9NCCCC89)N(C8CC(c9ccccn9)CC(C58)N3C42)C67)cc1. The highest BCUT2D eigenvalue weighted by molar-refractivity contribution is 7.00. The molecule has 0 spiro atoms. The molecule has 16 heteroatoms. The minimum atomic E-state index is -0.1000. The van der Waals surface area contributed by atoms with Gasteiger partial charge in [0.1, 0.15) is 28.6 Å². The highest BCUT2D eigenvalue weighted by atomic mass is 15.5. The monoisotopic (exact) mass is 1480 g/mol. The maximum atomic E-state index is 5.39. The summed E-state index contributed by atoms with van der Waals surface area (Å²) in [5, 5.41) is 14.7. The summed E-state index contributed by atoms with van der Waals surface area (Å²) in [5.41, 5.74) is 28.1. The van der Waals surface area contributed by atoms with Gasteiger partial charge in [-0.3, -0.25) is 38.5 Å². The van der Waals surface area contributed by atoms with Gasteiger partial charge in [-0.15, -0.1) is 0 Å². The van der Waals surface area contributed by atoms with Crippen molar-refractivity contribution in [3.63, 3.8) is 0 Å². The third-order valence-corrected chi connectivity index (χ3v) is 31.2. The van der Waals surface area contributed by atoms with Crippen LogP contribution in [0.3, 0.4) is 0 Å². The number of piperidine rings is 2. The van der Waals surface area contributed by atoms with E-state index in [-0.39, 0.29) is 12.9 Å². The van der Waals surface area contributed by atoms with Crippen LogP contribution in [-0.4, -0.2) is 117 Å². The average Bonchev–Trinajstić information content (AvgIpc) is 1.50. The molecule has 8 aromatic heterocycles. The first-order chi connectivity index (χ1) is 56.7. The van der Waals surface area contributed by atoms with Crippen molar-refractivity contribution in [2.24, 2.45) is 17.8 Å². The molecule has 28 rings (SSSR count). The van der Waals surface area contributed by atoms with Gasteiger partial charge in [0.25, 0.3) is 6.71 Å². The largest absolute Gasteiger partial charge is 0.352 e. The van der Waals surface area contributed by atoms with Gasteiger partial charge in [0.2, 0.25) is 0 Å². The normalized spacial score (nSPS) is 27.6. The molecule has 552 valence electrons. The number of para-hydroxylation sites is 4. The first-order valence-corrected chi connectivity index (χ1v) is 42.9. The summed E-state index contributed by atoms with van der Waals surface area (Å²) in [7, 11) is 0. The van der Waals surface area contributed by atoms with Gasteiger partial charge in [-0.25, -0.2) is 4.98 Å². The molecule has 14 atom stereocenters. The fourth-order valence-corrected chi connectivity index (χ4v) is 27.7. The fourth-order valence-electron chi connectivity index (χ4n) is 27.7. The number of hydrogen-bond donors (Lipinski definition) is 2. The van der Waals surface area contributed by atoms with Crippen molar-refractivity contribution in [3.05, 3.63) is 272 Å². The molecule has 0 radical (unpaired) electrons. The molecular formula is C98H84B2N14. The molecular weight excluding hydrogens is 1390 g/mol. The van der Waals surface area contributed by atoms with Gasteiger partial charge >= 0.3 is 0 Å². The maximum Gasteiger partial charge on any atom is 0.252 e. The molecule has 0 amide bonds. The van der Waals surface area contributed by atoms with Crippen LogP contribution < -0.4 is 36.8 Å². The summed E-state index contributed by atoms with van der Waals surface area (Å²) in [6, 6.07) is 85.6. The lowest BCUT2D eigenvalue weighted by atomic mass is 9.18. The van der Waals surface area contributed by atoms with Gasteiger partial charge in [-0.2, -0.15) is 0 Å². The van der Waals surface area contributed by atoms with E-state index in [1.807, 2.05) is 24.0 Å². The van der Waals surface area contributed by atoms with Crippen molar-refractivity contribution in [3.8, 4) is 45.1 Å². The molecule has 3 saturated carbocycles. The van der Waals surface area contributed by atoms with E-state index in [0.29, 0.717) is 84.1 Å². The Morgan fingerprint density at radius 1 is 0.412 bits per heavy atom. The Labute approximate surface area is 662 Å². The maximum absolute atomic E-state index is 5.39. The lowest BCUT2D eigenvalue weighted by molar-refractivity contribution is 0.0126. The molecule has 14 unspecified atom stereocenters. The third-order valence-electron chi connectivity index (χ3n) is 31.2. The zero-order chi connectivity index (χ0) is 73.6. The Balaban J connectivity index is 0.627. The third kappa shape index (κ3) is 8.02. The summed E-state index contributed by atoms with van der Waals surface area (Å²) in [6.07, 6.45) is 23.5. The molecule has 7 aromatic carbocycles. The van der Waals surface area contributed by atoms with Gasteiger partial charge in [-0.1, -0.05) is 129 Å². The Bertz CT molecular complexity index is 6710. The van der Waals surface area contributed by atoms with Crippen LogP contribution in [0.25, 0.3) is 111 Å². The van der Waals surface area contributed by atoms with Crippen LogP contribution in [0, 0.1) is 17.8 Å². The lowest BCUT2D eigenvalue weighted by Gasteiger charge is -2.68. The van der Waals surface area contributed by atoms with E-state index in [1.54, 1.807) is 17.2 Å². The van der Waals surface area contributed by atoms with Crippen LogP contribution in [0.2, 0.25) is 17.5 Å². The van der Waals surface area contributed by atoms with Crippen LogP contribution in [0.15, 0.2) is 266 Å². The summed E-state index contributed by atoms with van der Waals surface area (Å²) in [5.74, 6) is 7.08. The lowest BCUT2D eigenvalue weighted by Crippen LogP contribution is -2.74. The predicted octanol–water partition coefficient (Wildman–Crippen LogP) is 17.0. The number of nitrogens with zero attached hydrogens (tertiary/aromatic N) is 12. The van der Waals surface area contributed by atoms with Crippen molar-refractivity contribution in [1.29, 1.82) is 0 Å². The molecule has 15 aromatic rings. The molecule has 13 aliphatic rings. The van der Waals surface area contributed by atoms with E-state index in [1.165, 1.54) is 142 Å². The van der Waals surface area contributed by atoms with Gasteiger partial charge in [0, 0.05) is 146 Å². The van der Waals surface area contributed by atoms with Gasteiger partial charge < -0.3 is 24.9 Å². The minimum absolute atomic E-state index is 0.1000. The van der Waals surface area contributed by atoms with E-state index >= 15 is 0 Å². The topological polar surface area (TPSA) is 108 Å². The van der Waals surface area contributed by atoms with Crippen LogP contribution >= 0.6 is 0 Å². The van der Waals surface area contributed by atoms with E-state index in [4.69, 9.17) is 19.9 Å². The molecule has 4 saturated heterocycles. The average molecular weight is 1480 g/mol. The van der Waals surface area contributed by atoms with Crippen LogP contribution in [0.4, 0.5) is 11.4 Å². The van der Waals surface area contributed by atoms with Crippen LogP contribution in [-0.2, 0) is 0 Å². The number of fused-ring (bicyclic) bond motifs is 26. The van der Waals surface area contributed by atoms with E-state index in [0.717, 1.165) is 92.3 Å². The van der Waals surface area contributed by atoms with Gasteiger partial charge in [0.05, 0.1) is 45.4 Å². The van der Waals surface area contributed by atoms with E-state index in [9.17, 15) is 0 Å². The number of aromatic nitrogens is 8. The predicted molar refractivity (Wildman–Crippen MR) is 459 cm³/mol. The van der Waals surface area contributed by atoms with E-state index < -0.39 is 0 Å². The zero-order valence-corrected chi connectivity index (χ0v) is 63.6. The quantitative estimate of drug-likeness (QED) is 0.150. The highest BCUT2D eigenvalue weighted by Gasteiger charge is 2.72. The molecule has 14 nitrogen and oxygen atoms in total. The first-order valence-electron chi connectivity index (χ1n) is 42.9. The number of benzene rings is 7. The fraction of sp³-hybridized carbons (Fsp3) is 0.286. The molecule has 114 heavy (non-hydrogen) atoms. The smallest absolute Gasteiger partial charge is 0.252 e. The standard InChI is InChI=1S/C98H84B2N14/c1-4-22-59(23-5-1)107-75-38-11-10-29-63(75)83-87-91-71(41-47-103-87)99-69-34-17-30-64-81-66-32-19-45-105-93(66)110(96(81)112(89(64)69)78-52-58(74-37-13-15-44-102-74)53-79(86(78)99)113(91)97(83)107)62-28-16-21-55(49-62)56-39-40-76-68(50-56)82-65-31-18-35-70-90(65)111(95(82)108(76)60-24-6-2-7-25-60)77-51-57(73-36-12-14-43-101-73)54-80-85(77)100(70)72-42-48-104-88-84-67-33-20-46-106-94(67)109(61-26-8-3-9-27-61)98(84)114(80)92(72)88/h1-9,12-16,18,20-28,31,33,35-37,39-40,42-44,46,48-51,54,58,63-64,66,69,71,75,78-79,86-87,89,91,93,103,105H,10-11,17,19,29-30,32,34,38,41,45,47,52-53H2. The Morgan fingerprint density at radius 2 is 1.11 bits per heavy atom. The van der Waals surface area contributed by atoms with Gasteiger partial charge in [0.15, 0.2) is 6.71 Å². The Morgan fingerprint density at radius 3 is 1.93 bits per heavy atom. The summed E-state index contributed by atoms with van der Waals surface area (Å²) in [4.78, 5) is 33.5. The second kappa shape index (κ2) is 23.2. The van der Waals surface area contributed by atoms with Crippen molar-refractivity contribution in [2.75, 3.05) is 22.9 Å². The number of hydrogen-bond acceptors (Lipinski definition) is 10.